The van der Waals surface area contributed by atoms with Crippen LogP contribution in [0.25, 0.3) is 16.7 Å². The molecule has 1 heterocycles. The van der Waals surface area contributed by atoms with Crippen molar-refractivity contribution in [1.29, 1.82) is 0 Å². The molecule has 1 aromatic heterocycles. The minimum Gasteiger partial charge on any atom is -0.478 e. The molecule has 0 atom stereocenters. The highest BCUT2D eigenvalue weighted by molar-refractivity contribution is 9.10. The molecular formula is C14H8BrFN2O3. The average molecular weight is 351 g/mol. The van der Waals surface area contributed by atoms with Gasteiger partial charge in [0.1, 0.15) is 5.82 Å². The number of aromatic carboxylic acids is 1. The van der Waals surface area contributed by atoms with Gasteiger partial charge in [-0.3, -0.25) is 4.57 Å². The number of carboxylic acids is 1. The minimum absolute atomic E-state index is 0.0641. The van der Waals surface area contributed by atoms with Gasteiger partial charge in [0.2, 0.25) is 0 Å². The lowest BCUT2D eigenvalue weighted by molar-refractivity contribution is 0.0697. The lowest BCUT2D eigenvalue weighted by atomic mass is 10.2. The number of rotatable bonds is 2. The molecule has 0 aliphatic heterocycles. The number of carbonyl (C=O) groups is 1. The molecule has 2 aromatic carbocycles. The zero-order valence-electron chi connectivity index (χ0n) is 10.4. The van der Waals surface area contributed by atoms with Gasteiger partial charge in [0.15, 0.2) is 0 Å². The number of hydrogen-bond donors (Lipinski definition) is 2. The summed E-state index contributed by atoms with van der Waals surface area (Å²) in [5, 5.41) is 8.96. The monoisotopic (exact) mass is 350 g/mol. The number of halogens is 2. The highest BCUT2D eigenvalue weighted by Gasteiger charge is 2.14. The quantitative estimate of drug-likeness (QED) is 0.746. The van der Waals surface area contributed by atoms with Crippen molar-refractivity contribution in [2.24, 2.45) is 0 Å². The van der Waals surface area contributed by atoms with Crippen LogP contribution in [-0.2, 0) is 0 Å². The van der Waals surface area contributed by atoms with Crippen molar-refractivity contribution in [1.82, 2.24) is 9.55 Å². The molecule has 7 heteroatoms. The second-order valence-corrected chi connectivity index (χ2v) is 5.25. The summed E-state index contributed by atoms with van der Waals surface area (Å²) in [7, 11) is 0. The second kappa shape index (κ2) is 4.85. The molecule has 0 fully saturated rings. The lowest BCUT2D eigenvalue weighted by Gasteiger charge is -2.06. The van der Waals surface area contributed by atoms with Gasteiger partial charge >= 0.3 is 11.7 Å². The lowest BCUT2D eigenvalue weighted by Crippen LogP contribution is -2.15. The molecular weight excluding hydrogens is 343 g/mol. The van der Waals surface area contributed by atoms with E-state index in [1.165, 1.54) is 41.0 Å². The van der Waals surface area contributed by atoms with Crippen molar-refractivity contribution in [3.8, 4) is 5.69 Å². The van der Waals surface area contributed by atoms with E-state index in [0.29, 0.717) is 21.2 Å². The normalized spacial score (nSPS) is 11.0. The van der Waals surface area contributed by atoms with E-state index in [9.17, 15) is 14.0 Å². The summed E-state index contributed by atoms with van der Waals surface area (Å²) in [6.07, 6.45) is 0. The van der Waals surface area contributed by atoms with Gasteiger partial charge < -0.3 is 10.1 Å². The molecule has 5 nitrogen and oxygen atoms in total. The molecule has 106 valence electrons. The molecule has 0 aliphatic carbocycles. The van der Waals surface area contributed by atoms with Crippen molar-refractivity contribution < 1.29 is 14.3 Å². The summed E-state index contributed by atoms with van der Waals surface area (Å²) in [4.78, 5) is 25.6. The summed E-state index contributed by atoms with van der Waals surface area (Å²) in [5.74, 6) is -1.56. The minimum atomic E-state index is -1.09. The van der Waals surface area contributed by atoms with E-state index < -0.39 is 17.5 Å². The predicted molar refractivity (Wildman–Crippen MR) is 78.5 cm³/mol. The Morgan fingerprint density at radius 2 is 2.00 bits per heavy atom. The number of benzene rings is 2. The van der Waals surface area contributed by atoms with E-state index >= 15 is 0 Å². The van der Waals surface area contributed by atoms with Gasteiger partial charge in [-0.2, -0.15) is 0 Å². The van der Waals surface area contributed by atoms with Gasteiger partial charge in [-0.25, -0.2) is 14.0 Å². The van der Waals surface area contributed by atoms with Crippen LogP contribution >= 0.6 is 15.9 Å². The summed E-state index contributed by atoms with van der Waals surface area (Å²) in [6, 6.07) is 8.26. The van der Waals surface area contributed by atoms with Crippen LogP contribution in [-0.4, -0.2) is 20.6 Å². The Kier molecular flexibility index (Phi) is 3.13. The number of nitrogens with one attached hydrogen (secondary N) is 1. The summed E-state index contributed by atoms with van der Waals surface area (Å²) in [5.41, 5.74) is 0.773. The van der Waals surface area contributed by atoms with Crippen LogP contribution in [0.4, 0.5) is 4.39 Å². The smallest absolute Gasteiger partial charge is 0.335 e. The van der Waals surface area contributed by atoms with E-state index in [-0.39, 0.29) is 5.56 Å². The molecule has 0 unspecified atom stereocenters. The van der Waals surface area contributed by atoms with E-state index in [4.69, 9.17) is 5.11 Å². The Morgan fingerprint density at radius 3 is 2.71 bits per heavy atom. The van der Waals surface area contributed by atoms with Crippen LogP contribution in [0.3, 0.4) is 0 Å². The van der Waals surface area contributed by atoms with Crippen LogP contribution in [0.5, 0.6) is 0 Å². The van der Waals surface area contributed by atoms with Gasteiger partial charge in [-0.05, 0) is 52.3 Å². The van der Waals surface area contributed by atoms with Gasteiger partial charge in [0.05, 0.1) is 22.3 Å². The highest BCUT2D eigenvalue weighted by Crippen LogP contribution is 2.24. The Labute approximate surface area is 125 Å². The van der Waals surface area contributed by atoms with Crippen LogP contribution in [0.1, 0.15) is 10.4 Å². The topological polar surface area (TPSA) is 75.1 Å². The molecule has 21 heavy (non-hydrogen) atoms. The number of carboxylic acid groups (broad SMARTS) is 1. The number of fused-ring (bicyclic) bond motifs is 1. The predicted octanol–water partition coefficient (Wildman–Crippen LogP) is 2.92. The molecule has 0 saturated carbocycles. The summed E-state index contributed by atoms with van der Waals surface area (Å²) in [6.45, 7) is 0. The summed E-state index contributed by atoms with van der Waals surface area (Å²) < 4.78 is 15.3. The fourth-order valence-electron chi connectivity index (χ4n) is 2.14. The van der Waals surface area contributed by atoms with Gasteiger partial charge in [-0.15, -0.1) is 0 Å². The number of imidazole rings is 1. The highest BCUT2D eigenvalue weighted by atomic mass is 79.9. The van der Waals surface area contributed by atoms with Crippen LogP contribution in [0.2, 0.25) is 0 Å². The largest absolute Gasteiger partial charge is 0.478 e. The van der Waals surface area contributed by atoms with E-state index in [2.05, 4.69) is 20.9 Å². The van der Waals surface area contributed by atoms with Crippen molar-refractivity contribution in [2.75, 3.05) is 0 Å². The molecule has 0 saturated heterocycles. The second-order valence-electron chi connectivity index (χ2n) is 4.40. The third-order valence-electron chi connectivity index (χ3n) is 3.08. The molecule has 0 spiro atoms. The molecule has 3 rings (SSSR count). The van der Waals surface area contributed by atoms with Crippen LogP contribution in [0, 0.1) is 5.82 Å². The van der Waals surface area contributed by atoms with E-state index in [1.807, 2.05) is 0 Å². The van der Waals surface area contributed by atoms with E-state index in [0.717, 1.165) is 0 Å². The Hall–Kier alpha value is -2.41. The fraction of sp³-hybridized carbons (Fsp3) is 0. The third-order valence-corrected chi connectivity index (χ3v) is 3.75. The first-order valence-electron chi connectivity index (χ1n) is 5.91. The number of aromatic nitrogens is 2. The Morgan fingerprint density at radius 1 is 1.24 bits per heavy atom. The molecule has 2 N–H and O–H groups in total. The van der Waals surface area contributed by atoms with Crippen LogP contribution in [0.15, 0.2) is 45.7 Å². The Bertz CT molecular complexity index is 930. The maximum Gasteiger partial charge on any atom is 0.335 e. The Balaban J connectivity index is 2.33. The van der Waals surface area contributed by atoms with Gasteiger partial charge in [-0.1, -0.05) is 0 Å². The molecule has 3 aromatic rings. The number of H-pyrrole nitrogens is 1. The van der Waals surface area contributed by atoms with E-state index in [1.54, 1.807) is 0 Å². The summed E-state index contributed by atoms with van der Waals surface area (Å²) >= 11 is 3.28. The molecule has 0 amide bonds. The maximum absolute atomic E-state index is 13.4. The third kappa shape index (κ3) is 2.25. The van der Waals surface area contributed by atoms with Crippen molar-refractivity contribution in [2.45, 2.75) is 0 Å². The fourth-order valence-corrected chi connectivity index (χ4v) is 2.56. The molecule has 0 radical (unpaired) electrons. The zero-order chi connectivity index (χ0) is 15.1. The van der Waals surface area contributed by atoms with Crippen molar-refractivity contribution in [3.63, 3.8) is 0 Å². The van der Waals surface area contributed by atoms with Crippen LogP contribution < -0.4 is 5.69 Å². The van der Waals surface area contributed by atoms with Gasteiger partial charge in [0, 0.05) is 4.47 Å². The first-order chi connectivity index (χ1) is 9.97. The number of nitrogens with zero attached hydrogens (tertiary/aromatic N) is 1. The van der Waals surface area contributed by atoms with Crippen molar-refractivity contribution >= 4 is 32.9 Å². The number of hydrogen-bond acceptors (Lipinski definition) is 2. The first-order valence-corrected chi connectivity index (χ1v) is 6.70. The van der Waals surface area contributed by atoms with Crippen molar-refractivity contribution in [3.05, 3.63) is 62.7 Å². The zero-order valence-corrected chi connectivity index (χ0v) is 12.0. The molecule has 0 bridgehead atoms. The maximum atomic E-state index is 13.4. The van der Waals surface area contributed by atoms with Gasteiger partial charge in [0.25, 0.3) is 0 Å². The average Bonchev–Trinajstić information content (AvgIpc) is 2.76. The molecule has 0 aliphatic rings. The first kappa shape index (κ1) is 13.6. The number of aromatic amines is 1. The SMILES string of the molecule is O=C(O)c1ccc2c(c1)[nH]c(=O)n2-c1cc(F)ccc1Br. The standard InChI is InChI=1S/C14H8BrFN2O3/c15-9-3-2-8(16)6-12(9)18-11-4-1-7(13(19)20)5-10(11)17-14(18)21/h1-6H,(H,17,21)(H,19,20).